The molecule has 0 fully saturated rings. The maximum atomic E-state index is 9.32. The molecule has 0 bridgehead atoms. The van der Waals surface area contributed by atoms with Gasteiger partial charge in [0.05, 0.1) is 12.7 Å². The van der Waals surface area contributed by atoms with Gasteiger partial charge in [-0.15, -0.1) is 0 Å². The van der Waals surface area contributed by atoms with Gasteiger partial charge in [-0.1, -0.05) is 41.6 Å². The highest BCUT2D eigenvalue weighted by Crippen LogP contribution is 2.24. The zero-order valence-corrected chi connectivity index (χ0v) is 10.4. The fourth-order valence-corrected chi connectivity index (χ4v) is 1.82. The number of ether oxygens (including phenoxy) is 1. The summed E-state index contributed by atoms with van der Waals surface area (Å²) in [5, 5.41) is 21.3. The van der Waals surface area contributed by atoms with Crippen molar-refractivity contribution < 1.29 is 9.94 Å². The third-order valence-corrected chi connectivity index (χ3v) is 2.75. The number of hydrogen-bond acceptors (Lipinski definition) is 4. The molecule has 1 N–H and O–H groups in total. The predicted octanol–water partition coefficient (Wildman–Crippen LogP) is 2.89. The molecule has 2 rings (SSSR count). The molecular formula is C15H12N2O2. The van der Waals surface area contributed by atoms with E-state index in [2.05, 4.69) is 11.2 Å². The monoisotopic (exact) mass is 252 g/mol. The van der Waals surface area contributed by atoms with Crippen LogP contribution in [0.1, 0.15) is 5.56 Å². The van der Waals surface area contributed by atoms with Gasteiger partial charge in [0.2, 0.25) is 0 Å². The second-order valence-electron chi connectivity index (χ2n) is 3.84. The number of nitrogens with zero attached hydrogens (tertiary/aromatic N) is 2. The third-order valence-electron chi connectivity index (χ3n) is 2.75. The Morgan fingerprint density at radius 2 is 2.00 bits per heavy atom. The number of allylic oxidation sites excluding steroid dienone is 5. The highest BCUT2D eigenvalue weighted by atomic mass is 16.5. The van der Waals surface area contributed by atoms with Crippen LogP contribution in [0.25, 0.3) is 5.57 Å². The fourth-order valence-electron chi connectivity index (χ4n) is 1.82. The van der Waals surface area contributed by atoms with Crippen LogP contribution in [-0.2, 0) is 4.74 Å². The van der Waals surface area contributed by atoms with Gasteiger partial charge in [-0.2, -0.15) is 5.26 Å². The Morgan fingerprint density at radius 1 is 1.26 bits per heavy atom. The maximum Gasteiger partial charge on any atom is 0.148 e. The summed E-state index contributed by atoms with van der Waals surface area (Å²) in [5.41, 5.74) is 2.43. The molecule has 19 heavy (non-hydrogen) atoms. The van der Waals surface area contributed by atoms with Crippen LogP contribution in [0.5, 0.6) is 0 Å². The van der Waals surface area contributed by atoms with E-state index in [1.165, 1.54) is 7.11 Å². The molecule has 1 aromatic carbocycles. The number of nitriles is 1. The summed E-state index contributed by atoms with van der Waals surface area (Å²) in [5.74, 6) is 0.420. The summed E-state index contributed by atoms with van der Waals surface area (Å²) in [6.45, 7) is 0. The predicted molar refractivity (Wildman–Crippen MR) is 72.4 cm³/mol. The largest absolute Gasteiger partial charge is 0.494 e. The zero-order chi connectivity index (χ0) is 13.7. The minimum atomic E-state index is 0.330. The standard InChI is InChI=1S/C15H12N2O2/c1-19-15-9-12(7-8-14(15)17-18)13(10-16)11-5-3-2-4-6-11/h2-9,18H,1H3/b13-12-,17-14-. The van der Waals surface area contributed by atoms with Gasteiger partial charge in [0, 0.05) is 0 Å². The smallest absolute Gasteiger partial charge is 0.148 e. The Labute approximate surface area is 111 Å². The van der Waals surface area contributed by atoms with Crippen LogP contribution in [0.15, 0.2) is 65.0 Å². The van der Waals surface area contributed by atoms with Gasteiger partial charge < -0.3 is 9.94 Å². The quantitative estimate of drug-likeness (QED) is 0.500. The van der Waals surface area contributed by atoms with Crippen LogP contribution in [0.3, 0.4) is 0 Å². The van der Waals surface area contributed by atoms with Gasteiger partial charge in [-0.3, -0.25) is 0 Å². The zero-order valence-electron chi connectivity index (χ0n) is 10.4. The molecule has 94 valence electrons. The number of benzene rings is 1. The molecule has 1 aliphatic carbocycles. The van der Waals surface area contributed by atoms with Crippen molar-refractivity contribution in [2.24, 2.45) is 5.16 Å². The van der Waals surface area contributed by atoms with Crippen molar-refractivity contribution >= 4 is 11.3 Å². The molecule has 4 heteroatoms. The first kappa shape index (κ1) is 12.7. The van der Waals surface area contributed by atoms with Crippen LogP contribution in [0.2, 0.25) is 0 Å². The fraction of sp³-hybridized carbons (Fsp3) is 0.0667. The van der Waals surface area contributed by atoms with Gasteiger partial charge in [0.1, 0.15) is 17.5 Å². The summed E-state index contributed by atoms with van der Waals surface area (Å²) in [4.78, 5) is 0. The molecule has 0 aliphatic heterocycles. The highest BCUT2D eigenvalue weighted by Gasteiger charge is 2.14. The summed E-state index contributed by atoms with van der Waals surface area (Å²) < 4.78 is 5.13. The molecule has 1 aromatic rings. The molecular weight excluding hydrogens is 240 g/mol. The van der Waals surface area contributed by atoms with E-state index in [-0.39, 0.29) is 0 Å². The van der Waals surface area contributed by atoms with E-state index in [4.69, 9.17) is 9.94 Å². The van der Waals surface area contributed by atoms with Crippen molar-refractivity contribution in [2.75, 3.05) is 7.11 Å². The summed E-state index contributed by atoms with van der Waals surface area (Å²) in [6.07, 6.45) is 5.01. The Bertz CT molecular complexity index is 632. The molecule has 1 aliphatic rings. The number of rotatable bonds is 2. The molecule has 0 heterocycles. The Hall–Kier alpha value is -2.80. The Balaban J connectivity index is 2.53. The van der Waals surface area contributed by atoms with Gasteiger partial charge in [0.15, 0.2) is 0 Å². The van der Waals surface area contributed by atoms with Crippen LogP contribution < -0.4 is 0 Å². The molecule has 0 aromatic heterocycles. The van der Waals surface area contributed by atoms with E-state index in [1.54, 1.807) is 18.2 Å². The van der Waals surface area contributed by atoms with E-state index in [1.807, 2.05) is 30.3 Å². The molecule has 0 unspecified atom stereocenters. The molecule has 0 amide bonds. The Kier molecular flexibility index (Phi) is 3.79. The van der Waals surface area contributed by atoms with Gasteiger partial charge >= 0.3 is 0 Å². The molecule has 0 spiro atoms. The van der Waals surface area contributed by atoms with E-state index in [0.29, 0.717) is 17.0 Å². The van der Waals surface area contributed by atoms with Crippen molar-refractivity contribution in [1.82, 2.24) is 0 Å². The third kappa shape index (κ3) is 2.55. The van der Waals surface area contributed by atoms with Gasteiger partial charge in [-0.05, 0) is 23.3 Å². The number of methoxy groups -OCH3 is 1. The van der Waals surface area contributed by atoms with E-state index < -0.39 is 0 Å². The second-order valence-corrected chi connectivity index (χ2v) is 3.84. The van der Waals surface area contributed by atoms with Gasteiger partial charge in [-0.25, -0.2) is 0 Å². The van der Waals surface area contributed by atoms with Crippen molar-refractivity contribution in [3.63, 3.8) is 0 Å². The van der Waals surface area contributed by atoms with Gasteiger partial charge in [0.25, 0.3) is 0 Å². The Morgan fingerprint density at radius 3 is 2.58 bits per heavy atom. The van der Waals surface area contributed by atoms with Crippen molar-refractivity contribution in [2.45, 2.75) is 0 Å². The topological polar surface area (TPSA) is 65.6 Å². The normalized spacial score (nSPS) is 18.7. The lowest BCUT2D eigenvalue weighted by Gasteiger charge is -2.11. The first-order chi connectivity index (χ1) is 9.30. The van der Waals surface area contributed by atoms with Crippen molar-refractivity contribution in [1.29, 1.82) is 5.26 Å². The number of oxime groups is 1. The summed E-state index contributed by atoms with van der Waals surface area (Å²) in [7, 11) is 1.49. The van der Waals surface area contributed by atoms with E-state index in [0.717, 1.165) is 11.1 Å². The molecule has 0 saturated heterocycles. The molecule has 4 nitrogen and oxygen atoms in total. The minimum absolute atomic E-state index is 0.330. The van der Waals surface area contributed by atoms with E-state index in [9.17, 15) is 5.26 Å². The van der Waals surface area contributed by atoms with E-state index >= 15 is 0 Å². The lowest BCUT2D eigenvalue weighted by Crippen LogP contribution is -2.06. The first-order valence-corrected chi connectivity index (χ1v) is 5.66. The van der Waals surface area contributed by atoms with Crippen molar-refractivity contribution in [3.8, 4) is 6.07 Å². The first-order valence-electron chi connectivity index (χ1n) is 5.66. The van der Waals surface area contributed by atoms with Crippen LogP contribution in [0.4, 0.5) is 0 Å². The maximum absolute atomic E-state index is 9.32. The molecule has 0 radical (unpaired) electrons. The molecule has 0 saturated carbocycles. The summed E-state index contributed by atoms with van der Waals surface area (Å²) >= 11 is 0. The second kappa shape index (κ2) is 5.69. The lowest BCUT2D eigenvalue weighted by atomic mass is 9.97. The number of hydrogen-bond donors (Lipinski definition) is 1. The van der Waals surface area contributed by atoms with Crippen molar-refractivity contribution in [3.05, 3.63) is 65.5 Å². The lowest BCUT2D eigenvalue weighted by molar-refractivity contribution is 0.295. The van der Waals surface area contributed by atoms with Crippen LogP contribution in [0, 0.1) is 11.3 Å². The minimum Gasteiger partial charge on any atom is -0.494 e. The summed E-state index contributed by atoms with van der Waals surface area (Å²) in [6, 6.07) is 11.6. The highest BCUT2D eigenvalue weighted by molar-refractivity contribution is 6.09. The molecule has 0 atom stereocenters. The average Bonchev–Trinajstić information content (AvgIpc) is 2.49. The SMILES string of the molecule is COC1=CC(=C(/C#N)c2ccccc2)/C=CC/1=N/O. The average molecular weight is 252 g/mol. The van der Waals surface area contributed by atoms with Crippen LogP contribution >= 0.6 is 0 Å². The van der Waals surface area contributed by atoms with Crippen LogP contribution in [-0.4, -0.2) is 18.0 Å².